The average Bonchev–Trinajstić information content (AvgIpc) is 2.93. The van der Waals surface area contributed by atoms with E-state index < -0.39 is 29.3 Å². The quantitative estimate of drug-likeness (QED) is 0.282. The fraction of sp³-hybridized carbons (Fsp3) is 0.214. The van der Waals surface area contributed by atoms with Crippen molar-refractivity contribution in [3.8, 4) is 17.1 Å². The number of carbonyl (C=O) groups is 1. The molecule has 4 aromatic rings. The van der Waals surface area contributed by atoms with Crippen molar-refractivity contribution < 1.29 is 31.5 Å². The summed E-state index contributed by atoms with van der Waals surface area (Å²) in [5, 5.41) is 0. The average molecular weight is 540 g/mol. The Bertz CT molecular complexity index is 1530. The first-order valence-corrected chi connectivity index (χ1v) is 11.9. The number of carbonyl (C=O) groups excluding carboxylic acids is 1. The van der Waals surface area contributed by atoms with E-state index in [2.05, 4.69) is 15.0 Å². The van der Waals surface area contributed by atoms with Crippen LogP contribution in [0.5, 0.6) is 5.75 Å². The summed E-state index contributed by atoms with van der Waals surface area (Å²) in [5.74, 6) is -0.705. The minimum Gasteiger partial charge on any atom is -0.497 e. The van der Waals surface area contributed by atoms with Gasteiger partial charge in [0.15, 0.2) is 6.17 Å². The molecule has 1 aliphatic heterocycles. The van der Waals surface area contributed by atoms with Crippen LogP contribution in [0.25, 0.3) is 11.4 Å². The minimum absolute atomic E-state index is 0.198. The number of benzene rings is 2. The molecule has 6 nitrogen and oxygen atoms in total. The zero-order valence-corrected chi connectivity index (χ0v) is 20.5. The SMILES string of the molecule is COc1ccc(CN2CCc3c(ccnc3-c3cc(C(F)c4cc(F)cc(C(F)(F)F)c4)ncn3)C2=O)cc1. The number of nitrogens with zero attached hydrogens (tertiary/aromatic N) is 4. The van der Waals surface area contributed by atoms with Gasteiger partial charge < -0.3 is 9.64 Å². The summed E-state index contributed by atoms with van der Waals surface area (Å²) in [7, 11) is 1.57. The van der Waals surface area contributed by atoms with Gasteiger partial charge in [0, 0.05) is 24.8 Å². The molecule has 200 valence electrons. The van der Waals surface area contributed by atoms with E-state index in [1.807, 2.05) is 24.3 Å². The zero-order chi connectivity index (χ0) is 27.7. The van der Waals surface area contributed by atoms with Crippen molar-refractivity contribution in [2.45, 2.75) is 25.3 Å². The molecular formula is C28H21F5N4O2. The number of ether oxygens (including phenoxy) is 1. The number of aromatic nitrogens is 3. The molecule has 1 atom stereocenters. The highest BCUT2D eigenvalue weighted by molar-refractivity contribution is 5.98. The molecule has 11 heteroatoms. The number of halogens is 5. The molecule has 5 rings (SSSR count). The van der Waals surface area contributed by atoms with Crippen molar-refractivity contribution in [1.82, 2.24) is 19.9 Å². The maximum absolute atomic E-state index is 15.3. The van der Waals surface area contributed by atoms with Gasteiger partial charge in [-0.2, -0.15) is 13.2 Å². The molecule has 0 bridgehead atoms. The second-order valence-electron chi connectivity index (χ2n) is 8.97. The lowest BCUT2D eigenvalue weighted by Crippen LogP contribution is -2.37. The van der Waals surface area contributed by atoms with Gasteiger partial charge in [-0.25, -0.2) is 18.7 Å². The van der Waals surface area contributed by atoms with E-state index in [4.69, 9.17) is 4.74 Å². The molecule has 3 heterocycles. The highest BCUT2D eigenvalue weighted by Crippen LogP contribution is 2.35. The lowest BCUT2D eigenvalue weighted by molar-refractivity contribution is -0.137. The molecule has 0 N–H and O–H groups in total. The number of fused-ring (bicyclic) bond motifs is 1. The van der Waals surface area contributed by atoms with Gasteiger partial charge in [0.25, 0.3) is 5.91 Å². The maximum atomic E-state index is 15.3. The third-order valence-corrected chi connectivity index (χ3v) is 6.47. The summed E-state index contributed by atoms with van der Waals surface area (Å²) < 4.78 is 73.7. The van der Waals surface area contributed by atoms with Gasteiger partial charge in [-0.3, -0.25) is 9.78 Å². The topological polar surface area (TPSA) is 68.2 Å². The Morgan fingerprint density at radius 3 is 2.51 bits per heavy atom. The Hall–Kier alpha value is -4.41. The molecule has 2 aromatic carbocycles. The molecule has 39 heavy (non-hydrogen) atoms. The summed E-state index contributed by atoms with van der Waals surface area (Å²) in [6, 6.07) is 11.8. The Balaban J connectivity index is 1.42. The molecule has 0 fully saturated rings. The number of rotatable bonds is 6. The summed E-state index contributed by atoms with van der Waals surface area (Å²) in [6.45, 7) is 0.804. The molecule has 1 amide bonds. The minimum atomic E-state index is -4.84. The highest BCUT2D eigenvalue weighted by atomic mass is 19.4. The van der Waals surface area contributed by atoms with Gasteiger partial charge in [0.05, 0.1) is 29.8 Å². The molecule has 0 saturated heterocycles. The van der Waals surface area contributed by atoms with E-state index in [-0.39, 0.29) is 17.3 Å². The fourth-order valence-electron chi connectivity index (χ4n) is 4.52. The van der Waals surface area contributed by atoms with Gasteiger partial charge in [0.1, 0.15) is 17.9 Å². The molecule has 2 aromatic heterocycles. The van der Waals surface area contributed by atoms with Crippen LogP contribution in [0.15, 0.2) is 67.1 Å². The van der Waals surface area contributed by atoms with Gasteiger partial charge in [0.2, 0.25) is 0 Å². The van der Waals surface area contributed by atoms with Crippen molar-refractivity contribution in [1.29, 1.82) is 0 Å². The Labute approximate surface area is 220 Å². The standard InChI is InChI=1S/C28H21F5N4O2/c1-39-20-4-2-16(3-5-20)14-37-9-7-21-22(27(37)38)6-8-34-26(21)24-13-23(35-15-36-24)25(30)17-10-18(28(31,32)33)12-19(29)11-17/h2-6,8,10-13,15,25H,7,9,14H2,1H3. The summed E-state index contributed by atoms with van der Waals surface area (Å²) in [6.07, 6.45) is -4.03. The zero-order valence-electron chi connectivity index (χ0n) is 20.5. The van der Waals surface area contributed by atoms with Crippen molar-refractivity contribution >= 4 is 5.91 Å². The van der Waals surface area contributed by atoms with Crippen LogP contribution in [-0.2, 0) is 19.1 Å². The van der Waals surface area contributed by atoms with Gasteiger partial charge in [-0.15, -0.1) is 0 Å². The van der Waals surface area contributed by atoms with Crippen molar-refractivity contribution in [2.75, 3.05) is 13.7 Å². The van der Waals surface area contributed by atoms with Crippen LogP contribution in [0, 0.1) is 5.82 Å². The monoisotopic (exact) mass is 540 g/mol. The van der Waals surface area contributed by atoms with E-state index in [0.717, 1.165) is 11.9 Å². The summed E-state index contributed by atoms with van der Waals surface area (Å²) >= 11 is 0. The van der Waals surface area contributed by atoms with Crippen molar-refractivity contribution in [3.63, 3.8) is 0 Å². The normalized spacial score (nSPS) is 14.2. The number of hydrogen-bond acceptors (Lipinski definition) is 5. The Morgan fingerprint density at radius 1 is 1.03 bits per heavy atom. The fourth-order valence-corrected chi connectivity index (χ4v) is 4.52. The van der Waals surface area contributed by atoms with E-state index in [1.165, 1.54) is 12.3 Å². The van der Waals surface area contributed by atoms with E-state index in [0.29, 0.717) is 60.3 Å². The first-order chi connectivity index (χ1) is 18.6. The third-order valence-electron chi connectivity index (χ3n) is 6.47. The van der Waals surface area contributed by atoms with E-state index in [9.17, 15) is 22.4 Å². The molecule has 0 saturated carbocycles. The Morgan fingerprint density at radius 2 is 1.79 bits per heavy atom. The second kappa shape index (κ2) is 10.4. The van der Waals surface area contributed by atoms with Crippen LogP contribution in [0.2, 0.25) is 0 Å². The largest absolute Gasteiger partial charge is 0.497 e. The molecule has 0 spiro atoms. The van der Waals surface area contributed by atoms with Crippen molar-refractivity contribution in [3.05, 3.63) is 106 Å². The van der Waals surface area contributed by atoms with E-state index >= 15 is 4.39 Å². The van der Waals surface area contributed by atoms with Crippen LogP contribution in [0.1, 0.15) is 44.5 Å². The van der Waals surface area contributed by atoms with Gasteiger partial charge >= 0.3 is 6.18 Å². The molecule has 0 aliphatic carbocycles. The number of alkyl halides is 4. The van der Waals surface area contributed by atoms with Crippen LogP contribution in [0.4, 0.5) is 22.0 Å². The number of pyridine rings is 1. The number of amides is 1. The van der Waals surface area contributed by atoms with Crippen molar-refractivity contribution in [2.24, 2.45) is 0 Å². The van der Waals surface area contributed by atoms with Crippen LogP contribution < -0.4 is 4.74 Å². The van der Waals surface area contributed by atoms with Crippen LogP contribution >= 0.6 is 0 Å². The number of methoxy groups -OCH3 is 1. The smallest absolute Gasteiger partial charge is 0.416 e. The molecule has 0 radical (unpaired) electrons. The van der Waals surface area contributed by atoms with Crippen LogP contribution in [-0.4, -0.2) is 39.4 Å². The third kappa shape index (κ3) is 5.43. The van der Waals surface area contributed by atoms with Gasteiger partial charge in [-0.05, 0) is 65.6 Å². The lowest BCUT2D eigenvalue weighted by atomic mass is 9.95. The predicted octanol–water partition coefficient (Wildman–Crippen LogP) is 5.96. The first-order valence-electron chi connectivity index (χ1n) is 11.9. The summed E-state index contributed by atoms with van der Waals surface area (Å²) in [4.78, 5) is 27.4. The first kappa shape index (κ1) is 26.2. The van der Waals surface area contributed by atoms with E-state index in [1.54, 1.807) is 18.1 Å². The predicted molar refractivity (Wildman–Crippen MR) is 131 cm³/mol. The highest BCUT2D eigenvalue weighted by Gasteiger charge is 2.33. The molecular weight excluding hydrogens is 519 g/mol. The van der Waals surface area contributed by atoms with Crippen LogP contribution in [0.3, 0.4) is 0 Å². The van der Waals surface area contributed by atoms with Gasteiger partial charge in [-0.1, -0.05) is 12.1 Å². The number of hydrogen-bond donors (Lipinski definition) is 0. The lowest BCUT2D eigenvalue weighted by Gasteiger charge is -2.29. The maximum Gasteiger partial charge on any atom is 0.416 e. The Kier molecular flexibility index (Phi) is 6.98. The summed E-state index contributed by atoms with van der Waals surface area (Å²) in [5.41, 5.74) is 0.434. The molecule has 1 unspecified atom stereocenters. The molecule has 1 aliphatic rings. The second-order valence-corrected chi connectivity index (χ2v) is 8.97.